The molecule has 0 fully saturated rings. The van der Waals surface area contributed by atoms with Crippen LogP contribution in [0.2, 0.25) is 0 Å². The van der Waals surface area contributed by atoms with Crippen LogP contribution in [0.15, 0.2) is 28.7 Å². The minimum atomic E-state index is -0.142. The smallest absolute Gasteiger partial charge is 0.220 e. The largest absolute Gasteiger partial charge is 0.493 e. The summed E-state index contributed by atoms with van der Waals surface area (Å²) in [6.07, 6.45) is 2.49. The van der Waals surface area contributed by atoms with E-state index in [1.807, 2.05) is 31.2 Å². The van der Waals surface area contributed by atoms with Gasteiger partial charge >= 0.3 is 0 Å². The molecule has 1 atom stereocenters. The SMILES string of the molecule is CCCCC(=O)N[C@H](C)c1cc2cccc(OC)c2o1. The molecule has 0 saturated heterocycles. The van der Waals surface area contributed by atoms with Crippen molar-refractivity contribution in [2.24, 2.45) is 0 Å². The van der Waals surface area contributed by atoms with Crippen LogP contribution >= 0.6 is 0 Å². The molecule has 1 heterocycles. The van der Waals surface area contributed by atoms with Crippen molar-refractivity contribution in [2.45, 2.75) is 39.2 Å². The van der Waals surface area contributed by atoms with Crippen molar-refractivity contribution in [1.29, 1.82) is 0 Å². The van der Waals surface area contributed by atoms with Gasteiger partial charge in [-0.2, -0.15) is 0 Å². The van der Waals surface area contributed by atoms with Crippen molar-refractivity contribution in [3.63, 3.8) is 0 Å². The van der Waals surface area contributed by atoms with E-state index >= 15 is 0 Å². The van der Waals surface area contributed by atoms with E-state index in [9.17, 15) is 4.79 Å². The number of amides is 1. The molecule has 0 saturated carbocycles. The van der Waals surface area contributed by atoms with Crippen LogP contribution in [0.1, 0.15) is 44.9 Å². The number of rotatable bonds is 6. The van der Waals surface area contributed by atoms with Crippen molar-refractivity contribution in [3.05, 3.63) is 30.0 Å². The Kier molecular flexibility index (Phi) is 4.66. The summed E-state index contributed by atoms with van der Waals surface area (Å²) >= 11 is 0. The molecular formula is C16H21NO3. The number of furan rings is 1. The summed E-state index contributed by atoms with van der Waals surface area (Å²) in [5.74, 6) is 1.51. The molecule has 1 aromatic heterocycles. The molecule has 108 valence electrons. The van der Waals surface area contributed by atoms with Gasteiger partial charge in [0.15, 0.2) is 11.3 Å². The number of hydrogen-bond acceptors (Lipinski definition) is 3. The fourth-order valence-corrected chi connectivity index (χ4v) is 2.15. The summed E-state index contributed by atoms with van der Waals surface area (Å²) in [4.78, 5) is 11.7. The van der Waals surface area contributed by atoms with E-state index in [4.69, 9.17) is 9.15 Å². The molecule has 4 heteroatoms. The zero-order valence-corrected chi connectivity index (χ0v) is 12.2. The first-order chi connectivity index (χ1) is 9.65. The highest BCUT2D eigenvalue weighted by molar-refractivity contribution is 5.84. The highest BCUT2D eigenvalue weighted by Crippen LogP contribution is 2.30. The van der Waals surface area contributed by atoms with Gasteiger partial charge in [-0.25, -0.2) is 0 Å². The molecule has 20 heavy (non-hydrogen) atoms. The second-order valence-corrected chi connectivity index (χ2v) is 4.92. The monoisotopic (exact) mass is 275 g/mol. The Bertz CT molecular complexity index is 588. The number of carbonyl (C=O) groups excluding carboxylic acids is 1. The molecule has 0 unspecified atom stereocenters. The lowest BCUT2D eigenvalue weighted by molar-refractivity contribution is -0.121. The lowest BCUT2D eigenvalue weighted by Gasteiger charge is -2.10. The van der Waals surface area contributed by atoms with Crippen molar-refractivity contribution in [1.82, 2.24) is 5.32 Å². The zero-order valence-electron chi connectivity index (χ0n) is 12.2. The molecule has 0 radical (unpaired) electrons. The quantitative estimate of drug-likeness (QED) is 0.872. The Morgan fingerprint density at radius 3 is 2.95 bits per heavy atom. The fourth-order valence-electron chi connectivity index (χ4n) is 2.15. The first kappa shape index (κ1) is 14.4. The molecule has 2 rings (SSSR count). The van der Waals surface area contributed by atoms with Crippen LogP contribution in [-0.2, 0) is 4.79 Å². The average molecular weight is 275 g/mol. The van der Waals surface area contributed by atoms with Crippen LogP contribution in [0.5, 0.6) is 5.75 Å². The number of nitrogens with one attached hydrogen (secondary N) is 1. The third kappa shape index (κ3) is 3.13. The molecule has 0 spiro atoms. The van der Waals surface area contributed by atoms with Gasteiger partial charge in [-0.05, 0) is 25.5 Å². The number of unbranched alkanes of at least 4 members (excludes halogenated alkanes) is 1. The molecule has 1 amide bonds. The Labute approximate surface area is 119 Å². The maximum Gasteiger partial charge on any atom is 0.220 e. The molecule has 4 nitrogen and oxygen atoms in total. The Morgan fingerprint density at radius 1 is 1.45 bits per heavy atom. The number of fused-ring (bicyclic) bond motifs is 1. The van der Waals surface area contributed by atoms with E-state index in [2.05, 4.69) is 12.2 Å². The van der Waals surface area contributed by atoms with E-state index in [0.29, 0.717) is 12.2 Å². The molecule has 0 bridgehead atoms. The summed E-state index contributed by atoms with van der Waals surface area (Å²) in [6, 6.07) is 7.56. The maximum absolute atomic E-state index is 11.7. The maximum atomic E-state index is 11.7. The number of methoxy groups -OCH3 is 1. The van der Waals surface area contributed by atoms with Gasteiger partial charge in [-0.1, -0.05) is 25.5 Å². The highest BCUT2D eigenvalue weighted by Gasteiger charge is 2.15. The van der Waals surface area contributed by atoms with Crippen LogP contribution in [-0.4, -0.2) is 13.0 Å². The number of para-hydroxylation sites is 1. The Balaban J connectivity index is 2.14. The van der Waals surface area contributed by atoms with Crippen LogP contribution in [0, 0.1) is 0 Å². The molecule has 0 aliphatic heterocycles. The molecule has 0 aliphatic carbocycles. The standard InChI is InChI=1S/C16H21NO3/c1-4-5-9-15(18)17-11(2)14-10-12-7-6-8-13(19-3)16(12)20-14/h6-8,10-11H,4-5,9H2,1-3H3,(H,17,18)/t11-/m1/s1. The molecular weight excluding hydrogens is 254 g/mol. The highest BCUT2D eigenvalue weighted by atomic mass is 16.5. The zero-order chi connectivity index (χ0) is 14.5. The van der Waals surface area contributed by atoms with E-state index in [-0.39, 0.29) is 11.9 Å². The van der Waals surface area contributed by atoms with Gasteiger partial charge in [0.2, 0.25) is 5.91 Å². The van der Waals surface area contributed by atoms with Crippen LogP contribution < -0.4 is 10.1 Å². The number of ether oxygens (including phenoxy) is 1. The number of benzene rings is 1. The van der Waals surface area contributed by atoms with Gasteiger partial charge in [0, 0.05) is 11.8 Å². The number of hydrogen-bond donors (Lipinski definition) is 1. The first-order valence-corrected chi connectivity index (χ1v) is 7.01. The van der Waals surface area contributed by atoms with Gasteiger partial charge < -0.3 is 14.5 Å². The summed E-state index contributed by atoms with van der Waals surface area (Å²) in [6.45, 7) is 4.00. The molecule has 1 N–H and O–H groups in total. The van der Waals surface area contributed by atoms with Gasteiger partial charge in [0.1, 0.15) is 5.76 Å². The lowest BCUT2D eigenvalue weighted by atomic mass is 10.2. The van der Waals surface area contributed by atoms with Crippen molar-refractivity contribution in [2.75, 3.05) is 7.11 Å². The summed E-state index contributed by atoms with van der Waals surface area (Å²) in [5, 5.41) is 3.94. The molecule has 1 aromatic carbocycles. The summed E-state index contributed by atoms with van der Waals surface area (Å²) in [5.41, 5.74) is 0.722. The van der Waals surface area contributed by atoms with E-state index in [1.54, 1.807) is 7.11 Å². The van der Waals surface area contributed by atoms with Gasteiger partial charge in [-0.15, -0.1) is 0 Å². The summed E-state index contributed by atoms with van der Waals surface area (Å²) < 4.78 is 11.1. The van der Waals surface area contributed by atoms with E-state index in [0.717, 1.165) is 29.6 Å². The van der Waals surface area contributed by atoms with Crippen LogP contribution in [0.4, 0.5) is 0 Å². The van der Waals surface area contributed by atoms with E-state index in [1.165, 1.54) is 0 Å². The minimum Gasteiger partial charge on any atom is -0.493 e. The van der Waals surface area contributed by atoms with Crippen molar-refractivity contribution in [3.8, 4) is 5.75 Å². The number of carbonyl (C=O) groups is 1. The summed E-state index contributed by atoms with van der Waals surface area (Å²) in [7, 11) is 1.62. The van der Waals surface area contributed by atoms with Gasteiger partial charge in [0.25, 0.3) is 0 Å². The van der Waals surface area contributed by atoms with Crippen LogP contribution in [0.3, 0.4) is 0 Å². The third-order valence-electron chi connectivity index (χ3n) is 3.31. The normalized spacial score (nSPS) is 12.3. The topological polar surface area (TPSA) is 51.5 Å². The first-order valence-electron chi connectivity index (χ1n) is 7.01. The van der Waals surface area contributed by atoms with Crippen molar-refractivity contribution < 1.29 is 13.9 Å². The van der Waals surface area contributed by atoms with Crippen molar-refractivity contribution >= 4 is 16.9 Å². The Morgan fingerprint density at radius 2 is 2.25 bits per heavy atom. The predicted molar refractivity (Wildman–Crippen MR) is 78.8 cm³/mol. The van der Waals surface area contributed by atoms with Crippen LogP contribution in [0.25, 0.3) is 11.0 Å². The Hall–Kier alpha value is -1.97. The van der Waals surface area contributed by atoms with E-state index < -0.39 is 0 Å². The van der Waals surface area contributed by atoms with Gasteiger partial charge in [0.05, 0.1) is 13.2 Å². The fraction of sp³-hybridized carbons (Fsp3) is 0.438. The third-order valence-corrected chi connectivity index (χ3v) is 3.31. The average Bonchev–Trinajstić information content (AvgIpc) is 2.89. The molecule has 2 aromatic rings. The predicted octanol–water partition coefficient (Wildman–Crippen LogP) is 3.81. The van der Waals surface area contributed by atoms with Gasteiger partial charge in [-0.3, -0.25) is 4.79 Å². The second kappa shape index (κ2) is 6.46. The molecule has 0 aliphatic rings. The lowest BCUT2D eigenvalue weighted by Crippen LogP contribution is -2.25. The second-order valence-electron chi connectivity index (χ2n) is 4.92. The minimum absolute atomic E-state index is 0.0618.